The summed E-state index contributed by atoms with van der Waals surface area (Å²) in [5.41, 5.74) is 2.98. The van der Waals surface area contributed by atoms with Crippen LogP contribution in [0.5, 0.6) is 23.1 Å². The summed E-state index contributed by atoms with van der Waals surface area (Å²) in [6.45, 7) is 3.91. The third-order valence-electron chi connectivity index (χ3n) is 5.07. The quantitative estimate of drug-likeness (QED) is 0.452. The van der Waals surface area contributed by atoms with Gasteiger partial charge in [-0.2, -0.15) is 0 Å². The number of hydrogen-bond donors (Lipinski definition) is 1. The summed E-state index contributed by atoms with van der Waals surface area (Å²) in [4.78, 5) is 16.9. The molecule has 4 aromatic rings. The van der Waals surface area contributed by atoms with E-state index in [0.29, 0.717) is 40.2 Å². The number of carbonyl (C=O) groups excluding carboxylic acids is 1. The van der Waals surface area contributed by atoms with Gasteiger partial charge >= 0.3 is 0 Å². The molecule has 2 heterocycles. The van der Waals surface area contributed by atoms with Crippen LogP contribution in [0.2, 0.25) is 0 Å². The first-order valence-corrected chi connectivity index (χ1v) is 10.1. The molecule has 0 atom stereocenters. The molecule has 168 valence electrons. The van der Waals surface area contributed by atoms with Gasteiger partial charge in [0, 0.05) is 29.1 Å². The minimum atomic E-state index is -0.285. The highest BCUT2D eigenvalue weighted by Gasteiger charge is 2.11. The predicted octanol–water partition coefficient (Wildman–Crippen LogP) is 4.34. The van der Waals surface area contributed by atoms with Crippen molar-refractivity contribution >= 4 is 11.6 Å². The molecule has 0 aliphatic heterocycles. The largest absolute Gasteiger partial charge is 0.497 e. The van der Waals surface area contributed by atoms with Gasteiger partial charge in [0.2, 0.25) is 5.88 Å². The first-order chi connectivity index (χ1) is 16.0. The lowest BCUT2D eigenvalue weighted by atomic mass is 10.1. The summed E-state index contributed by atoms with van der Waals surface area (Å²) >= 11 is 0. The zero-order valence-corrected chi connectivity index (χ0v) is 18.7. The fourth-order valence-electron chi connectivity index (χ4n) is 3.09. The van der Waals surface area contributed by atoms with Crippen LogP contribution in [0.1, 0.15) is 21.7 Å². The van der Waals surface area contributed by atoms with E-state index in [0.717, 1.165) is 11.4 Å². The van der Waals surface area contributed by atoms with E-state index in [9.17, 15) is 4.79 Å². The Labute approximate surface area is 191 Å². The predicted molar refractivity (Wildman–Crippen MR) is 123 cm³/mol. The number of benzene rings is 2. The lowest BCUT2D eigenvalue weighted by molar-refractivity contribution is 0.102. The maximum absolute atomic E-state index is 12.6. The summed E-state index contributed by atoms with van der Waals surface area (Å²) < 4.78 is 18.1. The Kier molecular flexibility index (Phi) is 6.21. The van der Waals surface area contributed by atoms with E-state index >= 15 is 0 Å². The number of ether oxygens (including phenoxy) is 3. The minimum Gasteiger partial charge on any atom is -0.497 e. The standard InChI is InChI=1S/C24H23N5O4/c1-15-16(2)29(14-25-15)22-9-10-23(28-27-22)33-19-7-5-18(6-8-19)26-24(30)17-11-20(31-3)13-21(12-17)32-4/h5-14H,1-4H3,(H,26,30). The van der Waals surface area contributed by atoms with E-state index in [1.165, 1.54) is 14.2 Å². The van der Waals surface area contributed by atoms with E-state index in [-0.39, 0.29) is 5.91 Å². The number of amides is 1. The third-order valence-corrected chi connectivity index (χ3v) is 5.07. The number of anilines is 1. The Bertz CT molecular complexity index is 1250. The SMILES string of the molecule is COc1cc(OC)cc(C(=O)Nc2ccc(Oc3ccc(-n4cnc(C)c4C)nn3)cc2)c1. The monoisotopic (exact) mass is 445 g/mol. The number of aromatic nitrogens is 4. The molecule has 0 fully saturated rings. The Morgan fingerprint density at radius 2 is 1.58 bits per heavy atom. The van der Waals surface area contributed by atoms with Crippen LogP contribution in [0.15, 0.2) is 60.9 Å². The molecule has 1 N–H and O–H groups in total. The fraction of sp³-hybridized carbons (Fsp3) is 0.167. The molecule has 0 saturated heterocycles. The van der Waals surface area contributed by atoms with Crippen LogP contribution in [-0.4, -0.2) is 39.9 Å². The van der Waals surface area contributed by atoms with Crippen molar-refractivity contribution in [1.29, 1.82) is 0 Å². The first-order valence-electron chi connectivity index (χ1n) is 10.1. The first kappa shape index (κ1) is 21.8. The number of nitrogens with zero attached hydrogens (tertiary/aromatic N) is 4. The number of nitrogens with one attached hydrogen (secondary N) is 1. The Hall–Kier alpha value is -4.40. The highest BCUT2D eigenvalue weighted by Crippen LogP contribution is 2.25. The number of imidazole rings is 1. The van der Waals surface area contributed by atoms with Crippen molar-refractivity contribution < 1.29 is 19.0 Å². The van der Waals surface area contributed by atoms with Crippen LogP contribution in [-0.2, 0) is 0 Å². The van der Waals surface area contributed by atoms with Crippen LogP contribution in [0.4, 0.5) is 5.69 Å². The minimum absolute atomic E-state index is 0.285. The lowest BCUT2D eigenvalue weighted by Crippen LogP contribution is -2.12. The van der Waals surface area contributed by atoms with Gasteiger partial charge < -0.3 is 19.5 Å². The van der Waals surface area contributed by atoms with Gasteiger partial charge in [0.25, 0.3) is 5.91 Å². The maximum atomic E-state index is 12.6. The topological polar surface area (TPSA) is 100 Å². The molecule has 0 aliphatic rings. The van der Waals surface area contributed by atoms with Gasteiger partial charge in [0.1, 0.15) is 23.6 Å². The molecule has 0 unspecified atom stereocenters. The van der Waals surface area contributed by atoms with Gasteiger partial charge in [0.05, 0.1) is 19.9 Å². The van der Waals surface area contributed by atoms with Crippen molar-refractivity contribution in [1.82, 2.24) is 19.7 Å². The molecule has 1 amide bonds. The van der Waals surface area contributed by atoms with Gasteiger partial charge in [-0.15, -0.1) is 10.2 Å². The Morgan fingerprint density at radius 3 is 2.12 bits per heavy atom. The smallest absolute Gasteiger partial charge is 0.255 e. The number of aryl methyl sites for hydroxylation is 1. The van der Waals surface area contributed by atoms with Gasteiger partial charge in [-0.05, 0) is 56.3 Å². The number of methoxy groups -OCH3 is 2. The van der Waals surface area contributed by atoms with Gasteiger partial charge in [-0.3, -0.25) is 9.36 Å². The summed E-state index contributed by atoms with van der Waals surface area (Å²) in [5.74, 6) is 2.36. The van der Waals surface area contributed by atoms with E-state index in [2.05, 4.69) is 20.5 Å². The van der Waals surface area contributed by atoms with Crippen molar-refractivity contribution in [3.63, 3.8) is 0 Å². The average Bonchev–Trinajstić information content (AvgIpc) is 3.18. The van der Waals surface area contributed by atoms with E-state index in [4.69, 9.17) is 14.2 Å². The summed E-state index contributed by atoms with van der Waals surface area (Å²) in [5, 5.41) is 11.2. The lowest BCUT2D eigenvalue weighted by Gasteiger charge is -2.10. The molecule has 0 spiro atoms. The van der Waals surface area contributed by atoms with Crippen LogP contribution < -0.4 is 19.5 Å². The zero-order chi connectivity index (χ0) is 23.4. The van der Waals surface area contributed by atoms with E-state index < -0.39 is 0 Å². The molecule has 0 aliphatic carbocycles. The van der Waals surface area contributed by atoms with E-state index in [1.807, 2.05) is 24.5 Å². The summed E-state index contributed by atoms with van der Waals surface area (Å²) in [6, 6.07) is 15.5. The third kappa shape index (κ3) is 4.93. The van der Waals surface area contributed by atoms with Gasteiger partial charge in [-0.25, -0.2) is 4.98 Å². The second kappa shape index (κ2) is 9.39. The van der Waals surface area contributed by atoms with Crippen molar-refractivity contribution in [2.24, 2.45) is 0 Å². The molecular weight excluding hydrogens is 422 g/mol. The molecule has 0 saturated carbocycles. The molecular formula is C24H23N5O4. The van der Waals surface area contributed by atoms with Crippen LogP contribution in [0, 0.1) is 13.8 Å². The van der Waals surface area contributed by atoms with Crippen LogP contribution in [0.25, 0.3) is 5.82 Å². The van der Waals surface area contributed by atoms with Crippen molar-refractivity contribution in [2.75, 3.05) is 19.5 Å². The Morgan fingerprint density at radius 1 is 0.879 bits per heavy atom. The highest BCUT2D eigenvalue weighted by molar-refractivity contribution is 6.04. The molecule has 0 radical (unpaired) electrons. The maximum Gasteiger partial charge on any atom is 0.255 e. The van der Waals surface area contributed by atoms with Gasteiger partial charge in [0.15, 0.2) is 5.82 Å². The molecule has 2 aromatic carbocycles. The number of carbonyl (C=O) groups is 1. The molecule has 33 heavy (non-hydrogen) atoms. The highest BCUT2D eigenvalue weighted by atomic mass is 16.5. The Balaban J connectivity index is 1.41. The summed E-state index contributed by atoms with van der Waals surface area (Å²) in [6.07, 6.45) is 1.71. The van der Waals surface area contributed by atoms with Crippen molar-refractivity contribution in [3.05, 3.63) is 77.9 Å². The summed E-state index contributed by atoms with van der Waals surface area (Å²) in [7, 11) is 3.07. The molecule has 4 rings (SSSR count). The van der Waals surface area contributed by atoms with Crippen LogP contribution in [0.3, 0.4) is 0 Å². The van der Waals surface area contributed by atoms with E-state index in [1.54, 1.807) is 54.9 Å². The van der Waals surface area contributed by atoms with Crippen molar-refractivity contribution in [3.8, 4) is 28.9 Å². The second-order valence-corrected chi connectivity index (χ2v) is 7.20. The number of rotatable bonds is 7. The molecule has 9 nitrogen and oxygen atoms in total. The molecule has 0 bridgehead atoms. The molecule has 2 aromatic heterocycles. The normalized spacial score (nSPS) is 10.5. The zero-order valence-electron chi connectivity index (χ0n) is 18.7. The fourth-order valence-corrected chi connectivity index (χ4v) is 3.09. The van der Waals surface area contributed by atoms with Crippen molar-refractivity contribution in [2.45, 2.75) is 13.8 Å². The van der Waals surface area contributed by atoms with Crippen LogP contribution >= 0.6 is 0 Å². The second-order valence-electron chi connectivity index (χ2n) is 7.20. The number of hydrogen-bond acceptors (Lipinski definition) is 7. The van der Waals surface area contributed by atoms with Gasteiger partial charge in [-0.1, -0.05) is 0 Å². The average molecular weight is 445 g/mol. The molecule has 9 heteroatoms.